The number of ether oxygens (including phenoxy) is 4. The molecular formula is C14H34O6Si2. The highest BCUT2D eigenvalue weighted by molar-refractivity contribution is 6.50. The van der Waals surface area contributed by atoms with E-state index in [1.165, 1.54) is 0 Å². The molecule has 134 valence electrons. The van der Waals surface area contributed by atoms with E-state index in [0.29, 0.717) is 49.9 Å². The molecule has 0 fully saturated rings. The number of hydrogen-bond acceptors (Lipinski definition) is 6. The van der Waals surface area contributed by atoms with E-state index in [1.54, 1.807) is 0 Å². The quantitative estimate of drug-likeness (QED) is 0.338. The minimum atomic E-state index is -2.37. The van der Waals surface area contributed by atoms with Gasteiger partial charge in [-0.05, 0) is 41.5 Å². The molecule has 0 N–H and O–H groups in total. The van der Waals surface area contributed by atoms with Crippen LogP contribution in [-0.4, -0.2) is 70.0 Å². The fraction of sp³-hybridized carbons (Fsp3) is 1.00. The van der Waals surface area contributed by atoms with Crippen molar-refractivity contribution in [3.05, 3.63) is 0 Å². The van der Waals surface area contributed by atoms with Crippen molar-refractivity contribution in [2.24, 2.45) is 0 Å². The number of hydrogen-bond donors (Lipinski definition) is 0. The van der Waals surface area contributed by atoms with E-state index in [0.717, 1.165) is 0 Å². The lowest BCUT2D eigenvalue weighted by molar-refractivity contribution is -0.344. The van der Waals surface area contributed by atoms with Crippen LogP contribution in [0.5, 0.6) is 0 Å². The Labute approximate surface area is 140 Å². The molecule has 8 heteroatoms. The van der Waals surface area contributed by atoms with Gasteiger partial charge >= 0.3 is 9.28 Å². The molecule has 0 spiro atoms. The second-order valence-corrected chi connectivity index (χ2v) is 7.99. The zero-order valence-electron chi connectivity index (χ0n) is 15.3. The van der Waals surface area contributed by atoms with E-state index < -0.39 is 20.1 Å². The molecule has 0 aromatic rings. The normalized spacial score (nSPS) is 13.2. The Kier molecular flexibility index (Phi) is 11.8. The standard InChI is InChI=1S/C14H34O6Si2/c1-7-15-13(21,16-8-2)14(17-9-3,18-10-4)22(19-11-5)20-12-6/h22H,7-12H2,1-6,21H3. The van der Waals surface area contributed by atoms with Crippen LogP contribution in [0.3, 0.4) is 0 Å². The van der Waals surface area contributed by atoms with Gasteiger partial charge in [-0.25, -0.2) is 0 Å². The molecular weight excluding hydrogens is 320 g/mol. The van der Waals surface area contributed by atoms with Gasteiger partial charge in [0.15, 0.2) is 5.41 Å². The Morgan fingerprint density at radius 1 is 0.636 bits per heavy atom. The van der Waals surface area contributed by atoms with Crippen LogP contribution in [0.4, 0.5) is 0 Å². The van der Waals surface area contributed by atoms with E-state index in [2.05, 4.69) is 0 Å². The Hall–Kier alpha value is 0.194. The average molecular weight is 355 g/mol. The Balaban J connectivity index is 5.85. The van der Waals surface area contributed by atoms with Crippen LogP contribution in [-0.2, 0) is 27.8 Å². The molecule has 0 aliphatic heterocycles. The molecule has 0 aliphatic rings. The van der Waals surface area contributed by atoms with Gasteiger partial charge in [0.25, 0.3) is 5.41 Å². The molecule has 0 rings (SSSR count). The van der Waals surface area contributed by atoms with Crippen molar-refractivity contribution < 1.29 is 27.8 Å². The van der Waals surface area contributed by atoms with E-state index in [9.17, 15) is 0 Å². The van der Waals surface area contributed by atoms with Crippen molar-refractivity contribution in [1.82, 2.24) is 0 Å². The molecule has 0 unspecified atom stereocenters. The molecule has 6 nitrogen and oxygen atoms in total. The largest absolute Gasteiger partial charge is 0.394 e. The molecule has 0 radical (unpaired) electrons. The smallest absolute Gasteiger partial charge is 0.391 e. The van der Waals surface area contributed by atoms with Gasteiger partial charge in [-0.2, -0.15) is 0 Å². The van der Waals surface area contributed by atoms with Crippen LogP contribution in [0.25, 0.3) is 0 Å². The van der Waals surface area contributed by atoms with Gasteiger partial charge in [0.2, 0.25) is 0 Å². The fourth-order valence-corrected chi connectivity index (χ4v) is 6.36. The molecule has 0 amide bonds. The highest BCUT2D eigenvalue weighted by atomic mass is 28.3. The summed E-state index contributed by atoms with van der Waals surface area (Å²) in [6.07, 6.45) is 0. The summed E-state index contributed by atoms with van der Waals surface area (Å²) in [6.45, 7) is 14.6. The monoisotopic (exact) mass is 354 g/mol. The van der Waals surface area contributed by atoms with Crippen molar-refractivity contribution in [2.45, 2.75) is 52.4 Å². The Morgan fingerprint density at radius 3 is 1.27 bits per heavy atom. The third-order valence-electron chi connectivity index (χ3n) is 3.14. The summed E-state index contributed by atoms with van der Waals surface area (Å²) in [5.41, 5.74) is -2.06. The lowest BCUT2D eigenvalue weighted by atomic mass is 10.5. The van der Waals surface area contributed by atoms with Gasteiger partial charge in [-0.15, -0.1) is 0 Å². The topological polar surface area (TPSA) is 55.4 Å². The van der Waals surface area contributed by atoms with Crippen LogP contribution >= 0.6 is 0 Å². The summed E-state index contributed by atoms with van der Waals surface area (Å²) in [4.78, 5) is 0. The fourth-order valence-electron chi connectivity index (χ4n) is 2.45. The Bertz CT molecular complexity index is 262. The summed E-state index contributed by atoms with van der Waals surface area (Å²) in [6, 6.07) is 0. The van der Waals surface area contributed by atoms with Crippen LogP contribution in [0.15, 0.2) is 0 Å². The maximum absolute atomic E-state index is 6.08. The molecule has 0 aromatic carbocycles. The second-order valence-electron chi connectivity index (χ2n) is 4.59. The van der Waals surface area contributed by atoms with Gasteiger partial charge in [0.1, 0.15) is 0 Å². The summed E-state index contributed by atoms with van der Waals surface area (Å²) < 4.78 is 36.0. The van der Waals surface area contributed by atoms with Crippen LogP contribution < -0.4 is 0 Å². The summed E-state index contributed by atoms with van der Waals surface area (Å²) >= 11 is 0. The molecule has 0 aliphatic carbocycles. The first-order chi connectivity index (χ1) is 10.5. The van der Waals surface area contributed by atoms with Gasteiger partial charge in [0.05, 0.1) is 10.2 Å². The van der Waals surface area contributed by atoms with Gasteiger partial charge in [-0.3, -0.25) is 0 Å². The zero-order valence-corrected chi connectivity index (χ0v) is 18.4. The SMILES string of the molecule is CCO[SiH](OCC)C(OCC)(OCC)C([SiH3])(OCC)OCC. The first-order valence-electron chi connectivity index (χ1n) is 8.30. The molecule has 22 heavy (non-hydrogen) atoms. The highest BCUT2D eigenvalue weighted by Crippen LogP contribution is 2.34. The van der Waals surface area contributed by atoms with Crippen molar-refractivity contribution in [3.63, 3.8) is 0 Å². The van der Waals surface area contributed by atoms with Crippen molar-refractivity contribution in [2.75, 3.05) is 39.6 Å². The zero-order chi connectivity index (χ0) is 17.1. The summed E-state index contributed by atoms with van der Waals surface area (Å²) in [7, 11) is -1.80. The van der Waals surface area contributed by atoms with Crippen LogP contribution in [0.2, 0.25) is 0 Å². The first-order valence-corrected chi connectivity index (χ1v) is 10.8. The maximum Gasteiger partial charge on any atom is 0.391 e. The summed E-state index contributed by atoms with van der Waals surface area (Å²) in [5, 5.41) is 0. The third kappa shape index (κ3) is 5.38. The highest BCUT2D eigenvalue weighted by Gasteiger charge is 2.61. The summed E-state index contributed by atoms with van der Waals surface area (Å²) in [5.74, 6) is 0. The van der Waals surface area contributed by atoms with Crippen molar-refractivity contribution in [1.29, 1.82) is 0 Å². The van der Waals surface area contributed by atoms with Gasteiger partial charge in [-0.1, -0.05) is 0 Å². The Morgan fingerprint density at radius 2 is 1.00 bits per heavy atom. The predicted molar refractivity (Wildman–Crippen MR) is 92.3 cm³/mol. The van der Waals surface area contributed by atoms with Gasteiger partial charge < -0.3 is 27.8 Å². The molecule has 0 saturated heterocycles. The van der Waals surface area contributed by atoms with E-state index in [-0.39, 0.29) is 0 Å². The van der Waals surface area contributed by atoms with Crippen molar-refractivity contribution in [3.8, 4) is 0 Å². The third-order valence-corrected chi connectivity index (χ3v) is 7.74. The lowest BCUT2D eigenvalue weighted by Crippen LogP contribution is -2.70. The minimum absolute atomic E-state index is 0.466. The van der Waals surface area contributed by atoms with E-state index in [1.807, 2.05) is 41.5 Å². The first kappa shape index (κ1) is 22.2. The number of rotatable bonds is 14. The van der Waals surface area contributed by atoms with E-state index >= 15 is 0 Å². The molecule has 0 saturated carbocycles. The van der Waals surface area contributed by atoms with Crippen molar-refractivity contribution >= 4 is 19.5 Å². The van der Waals surface area contributed by atoms with Gasteiger partial charge in [0, 0.05) is 39.6 Å². The minimum Gasteiger partial charge on any atom is -0.394 e. The maximum atomic E-state index is 6.08. The molecule has 0 heterocycles. The van der Waals surface area contributed by atoms with E-state index in [4.69, 9.17) is 27.8 Å². The molecule has 0 aromatic heterocycles. The lowest BCUT2D eigenvalue weighted by Gasteiger charge is -2.48. The van der Waals surface area contributed by atoms with Crippen LogP contribution in [0, 0.1) is 0 Å². The average Bonchev–Trinajstić information content (AvgIpc) is 2.47. The predicted octanol–water partition coefficient (Wildman–Crippen LogP) is 0.681. The van der Waals surface area contributed by atoms with Crippen LogP contribution in [0.1, 0.15) is 41.5 Å². The molecule has 0 atom stereocenters. The molecule has 0 bridgehead atoms. The second kappa shape index (κ2) is 11.7.